The maximum absolute atomic E-state index is 5.64. The SMILES string of the molecule is COc1ccc(-c2cc(-c3ccccc3)co2)cc1. The number of rotatable bonds is 3. The zero-order valence-corrected chi connectivity index (χ0v) is 10.7. The number of furan rings is 1. The number of ether oxygens (including phenoxy) is 1. The van der Waals surface area contributed by atoms with Crippen LogP contribution in [-0.4, -0.2) is 7.11 Å². The standard InChI is InChI=1S/C17H14O2/c1-18-16-9-7-14(8-10-16)17-11-15(12-19-17)13-5-3-2-4-6-13/h2-12H,1H3. The van der Waals surface area contributed by atoms with Gasteiger partial charge in [-0.3, -0.25) is 0 Å². The lowest BCUT2D eigenvalue weighted by molar-refractivity contribution is 0.415. The first-order chi connectivity index (χ1) is 9.36. The quantitative estimate of drug-likeness (QED) is 0.676. The van der Waals surface area contributed by atoms with Crippen LogP contribution in [0, 0.1) is 0 Å². The zero-order chi connectivity index (χ0) is 13.1. The normalized spacial score (nSPS) is 10.4. The van der Waals surface area contributed by atoms with Crippen molar-refractivity contribution in [1.29, 1.82) is 0 Å². The molecule has 0 radical (unpaired) electrons. The fourth-order valence-electron chi connectivity index (χ4n) is 2.02. The number of hydrogen-bond donors (Lipinski definition) is 0. The Labute approximate surface area is 112 Å². The minimum absolute atomic E-state index is 0.846. The molecule has 0 saturated heterocycles. The van der Waals surface area contributed by atoms with E-state index in [0.29, 0.717) is 0 Å². The molecule has 2 aromatic carbocycles. The van der Waals surface area contributed by atoms with Crippen molar-refractivity contribution >= 4 is 0 Å². The van der Waals surface area contributed by atoms with E-state index in [9.17, 15) is 0 Å². The number of hydrogen-bond acceptors (Lipinski definition) is 2. The molecule has 0 N–H and O–H groups in total. The zero-order valence-electron chi connectivity index (χ0n) is 10.7. The molecule has 0 amide bonds. The minimum atomic E-state index is 0.846. The summed E-state index contributed by atoms with van der Waals surface area (Å²) in [6, 6.07) is 20.1. The van der Waals surface area contributed by atoms with Crippen LogP contribution in [0.1, 0.15) is 0 Å². The van der Waals surface area contributed by atoms with Gasteiger partial charge in [0.15, 0.2) is 0 Å². The van der Waals surface area contributed by atoms with Crippen LogP contribution < -0.4 is 4.74 Å². The lowest BCUT2D eigenvalue weighted by atomic mass is 10.1. The Hall–Kier alpha value is -2.48. The monoisotopic (exact) mass is 250 g/mol. The van der Waals surface area contributed by atoms with Crippen LogP contribution in [0.15, 0.2) is 71.3 Å². The van der Waals surface area contributed by atoms with Gasteiger partial charge in [0.1, 0.15) is 11.5 Å². The van der Waals surface area contributed by atoms with Gasteiger partial charge >= 0.3 is 0 Å². The van der Waals surface area contributed by atoms with Gasteiger partial charge in [0.2, 0.25) is 0 Å². The highest BCUT2D eigenvalue weighted by atomic mass is 16.5. The number of methoxy groups -OCH3 is 1. The van der Waals surface area contributed by atoms with Crippen LogP contribution in [0.25, 0.3) is 22.5 Å². The topological polar surface area (TPSA) is 22.4 Å². The van der Waals surface area contributed by atoms with Crippen molar-refractivity contribution in [3.8, 4) is 28.2 Å². The number of benzene rings is 2. The molecule has 2 heteroatoms. The second-order valence-corrected chi connectivity index (χ2v) is 4.29. The van der Waals surface area contributed by atoms with E-state index in [2.05, 4.69) is 18.2 Å². The lowest BCUT2D eigenvalue weighted by Crippen LogP contribution is -1.81. The molecule has 0 aliphatic carbocycles. The first-order valence-corrected chi connectivity index (χ1v) is 6.15. The van der Waals surface area contributed by atoms with Crippen molar-refractivity contribution in [3.05, 3.63) is 66.9 Å². The summed E-state index contributed by atoms with van der Waals surface area (Å²) in [5.41, 5.74) is 3.29. The van der Waals surface area contributed by atoms with E-state index in [-0.39, 0.29) is 0 Å². The Morgan fingerprint density at radius 1 is 0.789 bits per heavy atom. The molecule has 0 spiro atoms. The molecule has 19 heavy (non-hydrogen) atoms. The van der Waals surface area contributed by atoms with E-state index in [0.717, 1.165) is 28.2 Å². The van der Waals surface area contributed by atoms with Crippen molar-refractivity contribution in [2.24, 2.45) is 0 Å². The summed E-state index contributed by atoms with van der Waals surface area (Å²) < 4.78 is 10.8. The highest BCUT2D eigenvalue weighted by molar-refractivity contribution is 5.69. The third-order valence-corrected chi connectivity index (χ3v) is 3.08. The first kappa shape index (κ1) is 11.6. The van der Waals surface area contributed by atoms with Crippen LogP contribution in [-0.2, 0) is 0 Å². The Morgan fingerprint density at radius 2 is 1.53 bits per heavy atom. The van der Waals surface area contributed by atoms with Crippen molar-refractivity contribution in [1.82, 2.24) is 0 Å². The van der Waals surface area contributed by atoms with E-state index in [4.69, 9.17) is 9.15 Å². The predicted octanol–water partition coefficient (Wildman–Crippen LogP) is 4.62. The minimum Gasteiger partial charge on any atom is -0.497 e. The first-order valence-electron chi connectivity index (χ1n) is 6.15. The van der Waals surface area contributed by atoms with Gasteiger partial charge in [0.25, 0.3) is 0 Å². The fraction of sp³-hybridized carbons (Fsp3) is 0.0588. The van der Waals surface area contributed by atoms with Crippen LogP contribution in [0.3, 0.4) is 0 Å². The highest BCUT2D eigenvalue weighted by Crippen LogP contribution is 2.29. The molecule has 0 saturated carbocycles. The third-order valence-electron chi connectivity index (χ3n) is 3.08. The van der Waals surface area contributed by atoms with Crippen LogP contribution in [0.2, 0.25) is 0 Å². The van der Waals surface area contributed by atoms with Gasteiger partial charge in [0, 0.05) is 11.1 Å². The summed E-state index contributed by atoms with van der Waals surface area (Å²) in [7, 11) is 1.66. The second kappa shape index (κ2) is 5.02. The molecule has 1 heterocycles. The maximum atomic E-state index is 5.64. The van der Waals surface area contributed by atoms with E-state index in [1.165, 1.54) is 0 Å². The fourth-order valence-corrected chi connectivity index (χ4v) is 2.02. The summed E-state index contributed by atoms with van der Waals surface area (Å²) in [6.07, 6.45) is 1.79. The third kappa shape index (κ3) is 2.38. The summed E-state index contributed by atoms with van der Waals surface area (Å²) in [5, 5.41) is 0. The summed E-state index contributed by atoms with van der Waals surface area (Å²) >= 11 is 0. The van der Waals surface area contributed by atoms with Crippen LogP contribution in [0.5, 0.6) is 5.75 Å². The van der Waals surface area contributed by atoms with Crippen LogP contribution >= 0.6 is 0 Å². The Bertz CT molecular complexity index is 651. The average Bonchev–Trinajstić information content (AvgIpc) is 2.98. The molecule has 3 aromatic rings. The Morgan fingerprint density at radius 3 is 2.21 bits per heavy atom. The largest absolute Gasteiger partial charge is 0.497 e. The van der Waals surface area contributed by atoms with Crippen molar-refractivity contribution in [2.75, 3.05) is 7.11 Å². The van der Waals surface area contributed by atoms with Gasteiger partial charge in [-0.25, -0.2) is 0 Å². The molecule has 0 fully saturated rings. The predicted molar refractivity (Wildman–Crippen MR) is 76.1 cm³/mol. The van der Waals surface area contributed by atoms with Crippen molar-refractivity contribution in [2.45, 2.75) is 0 Å². The molecule has 0 bridgehead atoms. The van der Waals surface area contributed by atoms with E-state index in [1.54, 1.807) is 13.4 Å². The van der Waals surface area contributed by atoms with Gasteiger partial charge in [-0.2, -0.15) is 0 Å². The lowest BCUT2D eigenvalue weighted by Gasteiger charge is -2.00. The Kier molecular flexibility index (Phi) is 3.07. The average molecular weight is 250 g/mol. The van der Waals surface area contributed by atoms with E-state index < -0.39 is 0 Å². The molecule has 94 valence electrons. The highest BCUT2D eigenvalue weighted by Gasteiger charge is 2.06. The summed E-state index contributed by atoms with van der Waals surface area (Å²) in [6.45, 7) is 0. The van der Waals surface area contributed by atoms with E-state index in [1.807, 2.05) is 42.5 Å². The second-order valence-electron chi connectivity index (χ2n) is 4.29. The van der Waals surface area contributed by atoms with Gasteiger partial charge in [-0.1, -0.05) is 30.3 Å². The Balaban J connectivity index is 1.92. The molecular weight excluding hydrogens is 236 g/mol. The molecule has 1 aromatic heterocycles. The molecular formula is C17H14O2. The molecule has 0 aliphatic rings. The summed E-state index contributed by atoms with van der Waals surface area (Å²) in [4.78, 5) is 0. The maximum Gasteiger partial charge on any atom is 0.134 e. The molecule has 0 atom stereocenters. The van der Waals surface area contributed by atoms with Crippen LogP contribution in [0.4, 0.5) is 0 Å². The van der Waals surface area contributed by atoms with Gasteiger partial charge in [0.05, 0.1) is 13.4 Å². The van der Waals surface area contributed by atoms with Crippen molar-refractivity contribution in [3.63, 3.8) is 0 Å². The molecule has 0 aliphatic heterocycles. The van der Waals surface area contributed by atoms with Crippen molar-refractivity contribution < 1.29 is 9.15 Å². The molecule has 3 rings (SSSR count). The van der Waals surface area contributed by atoms with Gasteiger partial charge in [-0.15, -0.1) is 0 Å². The summed E-state index contributed by atoms with van der Waals surface area (Å²) in [5.74, 6) is 1.71. The van der Waals surface area contributed by atoms with E-state index >= 15 is 0 Å². The van der Waals surface area contributed by atoms with Gasteiger partial charge in [-0.05, 0) is 35.9 Å². The smallest absolute Gasteiger partial charge is 0.134 e. The van der Waals surface area contributed by atoms with Gasteiger partial charge < -0.3 is 9.15 Å². The molecule has 0 unspecified atom stereocenters. The molecule has 2 nitrogen and oxygen atoms in total.